The summed E-state index contributed by atoms with van der Waals surface area (Å²) in [7, 11) is 0. The number of aryl methyl sites for hydroxylation is 1. The van der Waals surface area contributed by atoms with Crippen LogP contribution in [0.4, 0.5) is 11.4 Å². The summed E-state index contributed by atoms with van der Waals surface area (Å²) < 4.78 is 5.67. The van der Waals surface area contributed by atoms with Gasteiger partial charge in [-0.1, -0.05) is 6.92 Å². The SMILES string of the molecule is C[C@H]1CCc2sc(-c3nnc(-c4cc([N+](=O)[O-])cc([N+](=O)[O-])c4)o3)cc2C1. The van der Waals surface area contributed by atoms with Gasteiger partial charge in [-0.15, -0.1) is 21.5 Å². The lowest BCUT2D eigenvalue weighted by atomic mass is 9.90. The molecule has 1 aliphatic rings. The lowest BCUT2D eigenvalue weighted by Gasteiger charge is -2.16. The summed E-state index contributed by atoms with van der Waals surface area (Å²) in [5.74, 6) is 0.964. The third-order valence-corrected chi connectivity index (χ3v) is 5.76. The number of hydrogen-bond acceptors (Lipinski definition) is 8. The molecular formula is C17H14N4O5S. The first-order valence-corrected chi connectivity index (χ1v) is 9.12. The van der Waals surface area contributed by atoms with Crippen LogP contribution >= 0.6 is 11.3 Å². The summed E-state index contributed by atoms with van der Waals surface area (Å²) in [6, 6.07) is 5.31. The number of benzene rings is 1. The van der Waals surface area contributed by atoms with Crippen molar-refractivity contribution in [2.75, 3.05) is 0 Å². The quantitative estimate of drug-likeness (QED) is 0.480. The molecule has 9 nitrogen and oxygen atoms in total. The van der Waals surface area contributed by atoms with Crippen LogP contribution in [0.25, 0.3) is 22.2 Å². The summed E-state index contributed by atoms with van der Waals surface area (Å²) in [5, 5.41) is 30.0. The minimum absolute atomic E-state index is 0.0107. The van der Waals surface area contributed by atoms with Crippen LogP contribution in [0.1, 0.15) is 23.8 Å². The number of thiophene rings is 1. The highest BCUT2D eigenvalue weighted by atomic mass is 32.1. The molecule has 0 saturated heterocycles. The van der Waals surface area contributed by atoms with Gasteiger partial charge < -0.3 is 4.42 Å². The molecule has 1 atom stereocenters. The Bertz CT molecular complexity index is 1030. The molecule has 0 unspecified atom stereocenters. The van der Waals surface area contributed by atoms with Gasteiger partial charge >= 0.3 is 0 Å². The van der Waals surface area contributed by atoms with Crippen LogP contribution in [0.3, 0.4) is 0 Å². The molecule has 1 aromatic carbocycles. The minimum atomic E-state index is -0.692. The second-order valence-electron chi connectivity index (χ2n) is 6.57. The van der Waals surface area contributed by atoms with Crippen LogP contribution in [-0.4, -0.2) is 20.0 Å². The van der Waals surface area contributed by atoms with Gasteiger partial charge in [0.25, 0.3) is 17.3 Å². The van der Waals surface area contributed by atoms with Crippen LogP contribution in [0, 0.1) is 26.1 Å². The molecule has 2 aromatic heterocycles. The lowest BCUT2D eigenvalue weighted by molar-refractivity contribution is -0.394. The fourth-order valence-electron chi connectivity index (χ4n) is 3.18. The molecule has 0 amide bonds. The zero-order valence-electron chi connectivity index (χ0n) is 14.2. The van der Waals surface area contributed by atoms with Crippen molar-refractivity contribution in [3.8, 4) is 22.2 Å². The standard InChI is InChI=1S/C17H14N4O5S/c1-9-2-3-14-10(4-9)7-15(27-14)17-19-18-16(26-17)11-5-12(20(22)23)8-13(6-11)21(24)25/h5-9H,2-4H2,1H3/t9-/m0/s1. The van der Waals surface area contributed by atoms with E-state index < -0.39 is 21.2 Å². The van der Waals surface area contributed by atoms with Gasteiger partial charge in [-0.05, 0) is 36.8 Å². The molecule has 2 heterocycles. The minimum Gasteiger partial charge on any atom is -0.415 e. The predicted octanol–water partition coefficient (Wildman–Crippen LogP) is 4.41. The van der Waals surface area contributed by atoms with Gasteiger partial charge in [-0.2, -0.15) is 0 Å². The number of fused-ring (bicyclic) bond motifs is 1. The smallest absolute Gasteiger partial charge is 0.277 e. The Hall–Kier alpha value is -3.14. The van der Waals surface area contributed by atoms with Gasteiger partial charge in [0, 0.05) is 17.0 Å². The van der Waals surface area contributed by atoms with E-state index in [0.717, 1.165) is 30.2 Å². The number of nitro benzene ring substituents is 2. The Morgan fingerprint density at radius 3 is 2.41 bits per heavy atom. The average Bonchev–Trinajstić information content (AvgIpc) is 3.27. The van der Waals surface area contributed by atoms with E-state index in [-0.39, 0.29) is 11.5 Å². The first-order valence-electron chi connectivity index (χ1n) is 8.30. The molecule has 0 bridgehead atoms. The summed E-state index contributed by atoms with van der Waals surface area (Å²) >= 11 is 1.60. The summed E-state index contributed by atoms with van der Waals surface area (Å²) in [6.07, 6.45) is 3.20. The molecule has 27 heavy (non-hydrogen) atoms. The first-order chi connectivity index (χ1) is 12.9. The molecule has 10 heteroatoms. The summed E-state index contributed by atoms with van der Waals surface area (Å²) in [5.41, 5.74) is 0.628. The number of rotatable bonds is 4. The van der Waals surface area contributed by atoms with E-state index in [1.54, 1.807) is 11.3 Å². The normalized spacial score (nSPS) is 16.1. The van der Waals surface area contributed by atoms with E-state index in [2.05, 4.69) is 17.1 Å². The van der Waals surface area contributed by atoms with Crippen molar-refractivity contribution >= 4 is 22.7 Å². The van der Waals surface area contributed by atoms with Crippen molar-refractivity contribution in [3.05, 3.63) is 54.9 Å². The number of nitrogens with zero attached hydrogens (tertiary/aromatic N) is 4. The topological polar surface area (TPSA) is 125 Å². The lowest BCUT2D eigenvalue weighted by Crippen LogP contribution is -2.07. The van der Waals surface area contributed by atoms with Gasteiger partial charge in [0.05, 0.1) is 26.4 Å². The average molecular weight is 386 g/mol. The summed E-state index contributed by atoms with van der Waals surface area (Å²) in [6.45, 7) is 2.22. The molecule has 0 aliphatic heterocycles. The zero-order valence-corrected chi connectivity index (χ0v) is 15.1. The van der Waals surface area contributed by atoms with Crippen LogP contribution < -0.4 is 0 Å². The Morgan fingerprint density at radius 2 is 1.74 bits per heavy atom. The second kappa shape index (κ2) is 6.54. The molecule has 138 valence electrons. The number of non-ortho nitro benzene ring substituents is 2. The van der Waals surface area contributed by atoms with Gasteiger partial charge in [-0.25, -0.2) is 0 Å². The molecule has 4 rings (SSSR count). The maximum absolute atomic E-state index is 11.0. The highest BCUT2D eigenvalue weighted by molar-refractivity contribution is 7.15. The van der Waals surface area contributed by atoms with Gasteiger partial charge in [0.15, 0.2) is 0 Å². The van der Waals surface area contributed by atoms with Crippen molar-refractivity contribution in [1.82, 2.24) is 10.2 Å². The van der Waals surface area contributed by atoms with E-state index in [0.29, 0.717) is 11.8 Å². The molecule has 3 aromatic rings. The molecule has 1 aliphatic carbocycles. The Kier molecular flexibility index (Phi) is 4.19. The van der Waals surface area contributed by atoms with E-state index in [9.17, 15) is 20.2 Å². The van der Waals surface area contributed by atoms with Gasteiger partial charge in [0.1, 0.15) is 0 Å². The Balaban J connectivity index is 1.71. The van der Waals surface area contributed by atoms with Crippen molar-refractivity contribution in [2.24, 2.45) is 5.92 Å². The fraction of sp³-hybridized carbons (Fsp3) is 0.294. The molecule has 0 saturated carbocycles. The Labute approximate surface area is 157 Å². The highest BCUT2D eigenvalue weighted by Gasteiger charge is 2.23. The van der Waals surface area contributed by atoms with Crippen LogP contribution in [-0.2, 0) is 12.8 Å². The molecule has 0 N–H and O–H groups in total. The van der Waals surface area contributed by atoms with Gasteiger partial charge in [-0.3, -0.25) is 20.2 Å². The third-order valence-electron chi connectivity index (χ3n) is 4.54. The van der Waals surface area contributed by atoms with E-state index in [4.69, 9.17) is 4.42 Å². The predicted molar refractivity (Wildman–Crippen MR) is 97.5 cm³/mol. The fourth-order valence-corrected chi connectivity index (χ4v) is 4.31. The van der Waals surface area contributed by atoms with Crippen molar-refractivity contribution < 1.29 is 14.3 Å². The largest absolute Gasteiger partial charge is 0.415 e. The number of aromatic nitrogens is 2. The summed E-state index contributed by atoms with van der Waals surface area (Å²) in [4.78, 5) is 22.9. The van der Waals surface area contributed by atoms with Crippen molar-refractivity contribution in [2.45, 2.75) is 26.2 Å². The molecule has 0 fully saturated rings. The monoisotopic (exact) mass is 386 g/mol. The maximum Gasteiger partial charge on any atom is 0.277 e. The van der Waals surface area contributed by atoms with Gasteiger partial charge in [0.2, 0.25) is 5.89 Å². The number of nitro groups is 2. The van der Waals surface area contributed by atoms with E-state index >= 15 is 0 Å². The van der Waals surface area contributed by atoms with Crippen LogP contribution in [0.15, 0.2) is 28.7 Å². The Morgan fingerprint density at radius 1 is 1.07 bits per heavy atom. The molecular weight excluding hydrogens is 372 g/mol. The maximum atomic E-state index is 11.0. The van der Waals surface area contributed by atoms with Crippen molar-refractivity contribution in [1.29, 1.82) is 0 Å². The second-order valence-corrected chi connectivity index (χ2v) is 7.71. The molecule has 0 spiro atoms. The number of hydrogen-bond donors (Lipinski definition) is 0. The molecule has 0 radical (unpaired) electrons. The third kappa shape index (κ3) is 3.31. The highest BCUT2D eigenvalue weighted by Crippen LogP contribution is 2.38. The first kappa shape index (κ1) is 17.3. The van der Waals surface area contributed by atoms with Crippen LogP contribution in [0.2, 0.25) is 0 Å². The van der Waals surface area contributed by atoms with E-state index in [1.165, 1.54) is 22.6 Å². The van der Waals surface area contributed by atoms with Crippen molar-refractivity contribution in [3.63, 3.8) is 0 Å². The van der Waals surface area contributed by atoms with E-state index in [1.807, 2.05) is 6.07 Å². The zero-order chi connectivity index (χ0) is 19.1. The van der Waals surface area contributed by atoms with Crippen LogP contribution in [0.5, 0.6) is 0 Å².